The van der Waals surface area contributed by atoms with Crippen LogP contribution >= 0.6 is 0 Å². The Kier molecular flexibility index (Phi) is 4.79. The Morgan fingerprint density at radius 1 is 1.17 bits per heavy atom. The van der Waals surface area contributed by atoms with E-state index in [1.54, 1.807) is 6.92 Å². The van der Waals surface area contributed by atoms with Crippen molar-refractivity contribution in [3.05, 3.63) is 0 Å². The van der Waals surface area contributed by atoms with Crippen molar-refractivity contribution in [2.75, 3.05) is 0 Å². The lowest BCUT2D eigenvalue weighted by Crippen LogP contribution is -2.12. The van der Waals surface area contributed by atoms with E-state index in [0.29, 0.717) is 12.8 Å². The fourth-order valence-corrected chi connectivity index (χ4v) is 0.851. The summed E-state index contributed by atoms with van der Waals surface area (Å²) in [6, 6.07) is 0. The van der Waals surface area contributed by atoms with Gasteiger partial charge in [-0.05, 0) is 13.3 Å². The topological polar surface area (TPSA) is 34.1 Å². The summed E-state index contributed by atoms with van der Waals surface area (Å²) in [4.78, 5) is 22.0. The molecule has 2 nitrogen and oxygen atoms in total. The highest BCUT2D eigenvalue weighted by atomic mass is 16.1. The van der Waals surface area contributed by atoms with Gasteiger partial charge in [0.25, 0.3) is 0 Å². The lowest BCUT2D eigenvalue weighted by molar-refractivity contribution is -0.123. The van der Waals surface area contributed by atoms with Crippen molar-refractivity contribution in [1.29, 1.82) is 0 Å². The van der Waals surface area contributed by atoms with Gasteiger partial charge in [-0.25, -0.2) is 0 Å². The molecule has 0 amide bonds. The molecular weight excluding hydrogens is 152 g/mol. The van der Waals surface area contributed by atoms with Crippen LogP contribution in [0.25, 0.3) is 0 Å². The Labute approximate surface area is 74.3 Å². The summed E-state index contributed by atoms with van der Waals surface area (Å²) >= 11 is 0. The van der Waals surface area contributed by atoms with Gasteiger partial charge in [-0.3, -0.25) is 9.59 Å². The number of Topliss-reactive ketones (excluding diaryl/α,β-unsaturated/α-hetero) is 2. The summed E-state index contributed by atoms with van der Waals surface area (Å²) in [6.45, 7) is 7.22. The molecule has 0 radical (unpaired) electrons. The van der Waals surface area contributed by atoms with Gasteiger partial charge in [-0.2, -0.15) is 0 Å². The minimum Gasteiger partial charge on any atom is -0.300 e. The Bertz CT molecular complexity index is 171. The lowest BCUT2D eigenvalue weighted by Gasteiger charge is -2.07. The monoisotopic (exact) mass is 170 g/mol. The van der Waals surface area contributed by atoms with Gasteiger partial charge in [-0.1, -0.05) is 20.8 Å². The summed E-state index contributed by atoms with van der Waals surface area (Å²) < 4.78 is 0. The van der Waals surface area contributed by atoms with E-state index in [1.165, 1.54) is 0 Å². The van der Waals surface area contributed by atoms with Crippen LogP contribution in [0.15, 0.2) is 0 Å². The second-order valence-electron chi connectivity index (χ2n) is 3.67. The van der Waals surface area contributed by atoms with Gasteiger partial charge < -0.3 is 0 Å². The van der Waals surface area contributed by atoms with Crippen molar-refractivity contribution in [2.24, 2.45) is 11.8 Å². The van der Waals surface area contributed by atoms with Gasteiger partial charge in [0, 0.05) is 18.3 Å². The fourth-order valence-electron chi connectivity index (χ4n) is 0.851. The third-order valence-electron chi connectivity index (χ3n) is 2.16. The van der Waals surface area contributed by atoms with E-state index >= 15 is 0 Å². The molecule has 70 valence electrons. The van der Waals surface area contributed by atoms with E-state index in [-0.39, 0.29) is 23.4 Å². The Balaban J connectivity index is 3.69. The molecule has 0 saturated carbocycles. The van der Waals surface area contributed by atoms with Crippen LogP contribution in [0.4, 0.5) is 0 Å². The minimum absolute atomic E-state index is 0.0349. The van der Waals surface area contributed by atoms with Gasteiger partial charge in [0.15, 0.2) is 0 Å². The van der Waals surface area contributed by atoms with Crippen LogP contribution in [0.5, 0.6) is 0 Å². The number of carbonyl (C=O) groups excluding carboxylic acids is 2. The van der Waals surface area contributed by atoms with Crippen LogP contribution in [-0.4, -0.2) is 11.6 Å². The standard InChI is InChI=1S/C10H18O2/c1-7(2)10(12)6-5-8(3)9(4)11/h7-8H,5-6H2,1-4H3/t8-/m1/s1. The maximum atomic E-state index is 11.2. The molecule has 0 heterocycles. The van der Waals surface area contributed by atoms with Crippen molar-refractivity contribution in [3.63, 3.8) is 0 Å². The molecule has 0 rings (SSSR count). The number of hydrogen-bond donors (Lipinski definition) is 0. The number of ketones is 2. The van der Waals surface area contributed by atoms with Crippen molar-refractivity contribution in [3.8, 4) is 0 Å². The molecule has 0 N–H and O–H groups in total. The van der Waals surface area contributed by atoms with Crippen molar-refractivity contribution >= 4 is 11.6 Å². The zero-order valence-corrected chi connectivity index (χ0v) is 8.39. The van der Waals surface area contributed by atoms with Crippen LogP contribution < -0.4 is 0 Å². The van der Waals surface area contributed by atoms with Crippen molar-refractivity contribution in [2.45, 2.75) is 40.5 Å². The lowest BCUT2D eigenvalue weighted by atomic mass is 9.96. The normalized spacial score (nSPS) is 13.1. The number of rotatable bonds is 5. The number of hydrogen-bond acceptors (Lipinski definition) is 2. The molecule has 0 aromatic heterocycles. The highest BCUT2D eigenvalue weighted by Gasteiger charge is 2.12. The molecule has 0 bridgehead atoms. The maximum Gasteiger partial charge on any atom is 0.135 e. The molecule has 0 spiro atoms. The summed E-state index contributed by atoms with van der Waals surface area (Å²) in [5.74, 6) is 0.562. The van der Waals surface area contributed by atoms with E-state index in [4.69, 9.17) is 0 Å². The molecule has 0 saturated heterocycles. The van der Waals surface area contributed by atoms with Gasteiger partial charge in [0.2, 0.25) is 0 Å². The van der Waals surface area contributed by atoms with E-state index < -0.39 is 0 Å². The van der Waals surface area contributed by atoms with Crippen molar-refractivity contribution in [1.82, 2.24) is 0 Å². The molecule has 0 aliphatic heterocycles. The van der Waals surface area contributed by atoms with E-state index in [9.17, 15) is 9.59 Å². The van der Waals surface area contributed by atoms with Gasteiger partial charge in [0.1, 0.15) is 11.6 Å². The summed E-state index contributed by atoms with van der Waals surface area (Å²) in [6.07, 6.45) is 1.24. The highest BCUT2D eigenvalue weighted by molar-refractivity contribution is 5.82. The maximum absolute atomic E-state index is 11.2. The zero-order valence-electron chi connectivity index (χ0n) is 8.39. The molecule has 0 aromatic carbocycles. The van der Waals surface area contributed by atoms with E-state index in [0.717, 1.165) is 0 Å². The first-order chi connectivity index (χ1) is 5.45. The first kappa shape index (κ1) is 11.3. The first-order valence-electron chi connectivity index (χ1n) is 4.48. The second kappa shape index (κ2) is 5.07. The molecular formula is C10H18O2. The van der Waals surface area contributed by atoms with Gasteiger partial charge >= 0.3 is 0 Å². The molecule has 0 fully saturated rings. The fraction of sp³-hybridized carbons (Fsp3) is 0.800. The quantitative estimate of drug-likeness (QED) is 0.634. The van der Waals surface area contributed by atoms with Crippen LogP contribution in [-0.2, 0) is 9.59 Å². The molecule has 0 aliphatic rings. The van der Waals surface area contributed by atoms with Crippen molar-refractivity contribution < 1.29 is 9.59 Å². The zero-order chi connectivity index (χ0) is 9.72. The Morgan fingerprint density at radius 3 is 2.00 bits per heavy atom. The summed E-state index contributed by atoms with van der Waals surface area (Å²) in [7, 11) is 0. The average Bonchev–Trinajstić information content (AvgIpc) is 1.98. The Morgan fingerprint density at radius 2 is 1.67 bits per heavy atom. The van der Waals surface area contributed by atoms with Crippen LogP contribution in [0.3, 0.4) is 0 Å². The highest BCUT2D eigenvalue weighted by Crippen LogP contribution is 2.09. The second-order valence-corrected chi connectivity index (χ2v) is 3.67. The van der Waals surface area contributed by atoms with Gasteiger partial charge in [-0.15, -0.1) is 0 Å². The smallest absolute Gasteiger partial charge is 0.135 e. The van der Waals surface area contributed by atoms with Crippen LogP contribution in [0.1, 0.15) is 40.5 Å². The molecule has 1 atom stereocenters. The predicted molar refractivity (Wildman–Crippen MR) is 48.9 cm³/mol. The van der Waals surface area contributed by atoms with E-state index in [2.05, 4.69) is 0 Å². The SMILES string of the molecule is CC(=O)[C@H](C)CCC(=O)C(C)C. The predicted octanol–water partition coefficient (Wildman–Crippen LogP) is 2.22. The van der Waals surface area contributed by atoms with Gasteiger partial charge in [0.05, 0.1) is 0 Å². The average molecular weight is 170 g/mol. The van der Waals surface area contributed by atoms with Crippen LogP contribution in [0.2, 0.25) is 0 Å². The summed E-state index contributed by atoms with van der Waals surface area (Å²) in [5.41, 5.74) is 0. The Hall–Kier alpha value is -0.660. The molecule has 0 unspecified atom stereocenters. The summed E-state index contributed by atoms with van der Waals surface area (Å²) in [5, 5.41) is 0. The van der Waals surface area contributed by atoms with Crippen LogP contribution in [0, 0.1) is 11.8 Å². The first-order valence-corrected chi connectivity index (χ1v) is 4.48. The molecule has 12 heavy (non-hydrogen) atoms. The third kappa shape index (κ3) is 4.27. The third-order valence-corrected chi connectivity index (χ3v) is 2.16. The largest absolute Gasteiger partial charge is 0.300 e. The molecule has 0 aliphatic carbocycles. The molecule has 2 heteroatoms. The minimum atomic E-state index is 0.0349. The molecule has 0 aromatic rings. The number of carbonyl (C=O) groups is 2. The van der Waals surface area contributed by atoms with E-state index in [1.807, 2.05) is 20.8 Å².